The van der Waals surface area contributed by atoms with Gasteiger partial charge >= 0.3 is 12.0 Å². The normalized spacial score (nSPS) is 13.9. The van der Waals surface area contributed by atoms with Gasteiger partial charge in [0.25, 0.3) is 0 Å². The Hall–Kier alpha value is -3.02. The number of carbonyl (C=O) groups excluding carboxylic acids is 2. The van der Waals surface area contributed by atoms with Crippen LogP contribution in [-0.4, -0.2) is 49.7 Å². The molecule has 0 aliphatic carbocycles. The van der Waals surface area contributed by atoms with Gasteiger partial charge in [0, 0.05) is 38.4 Å². The third kappa shape index (κ3) is 5.03. The number of urea groups is 1. The van der Waals surface area contributed by atoms with Gasteiger partial charge in [0.15, 0.2) is 0 Å². The number of nitrogens with one attached hydrogen (secondary N) is 1. The molecule has 0 spiro atoms. The molecule has 0 saturated carbocycles. The van der Waals surface area contributed by atoms with E-state index >= 15 is 0 Å². The van der Waals surface area contributed by atoms with Crippen LogP contribution in [0.5, 0.6) is 0 Å². The molecule has 2 aromatic carbocycles. The second kappa shape index (κ2) is 9.26. The Bertz CT molecular complexity index is 812. The lowest BCUT2D eigenvalue weighted by atomic mass is 10.1. The van der Waals surface area contributed by atoms with Crippen LogP contribution in [0.2, 0.25) is 0 Å². The molecule has 0 radical (unpaired) electrons. The number of amides is 2. The van der Waals surface area contributed by atoms with Crippen LogP contribution in [0, 0.1) is 6.92 Å². The van der Waals surface area contributed by atoms with Gasteiger partial charge in [0.05, 0.1) is 12.2 Å². The van der Waals surface area contributed by atoms with Crippen LogP contribution in [0.1, 0.15) is 28.4 Å². The number of esters is 1. The molecule has 0 bridgehead atoms. The molecule has 1 N–H and O–H groups in total. The Balaban J connectivity index is 1.48. The summed E-state index contributed by atoms with van der Waals surface area (Å²) in [6.07, 6.45) is 0. The molecule has 6 heteroatoms. The quantitative estimate of drug-likeness (QED) is 0.808. The van der Waals surface area contributed by atoms with E-state index in [0.717, 1.165) is 24.3 Å². The molecule has 0 unspecified atom stereocenters. The predicted octanol–water partition coefficient (Wildman–Crippen LogP) is 3.20. The van der Waals surface area contributed by atoms with Gasteiger partial charge in [-0.15, -0.1) is 0 Å². The number of rotatable bonds is 5. The second-order valence-corrected chi connectivity index (χ2v) is 6.89. The van der Waals surface area contributed by atoms with Crippen molar-refractivity contribution < 1.29 is 14.3 Å². The fourth-order valence-electron chi connectivity index (χ4n) is 3.30. The van der Waals surface area contributed by atoms with Crippen LogP contribution in [0.3, 0.4) is 0 Å². The summed E-state index contributed by atoms with van der Waals surface area (Å²) < 4.78 is 5.01. The zero-order valence-electron chi connectivity index (χ0n) is 16.5. The Kier molecular flexibility index (Phi) is 6.53. The molecule has 6 nitrogen and oxygen atoms in total. The predicted molar refractivity (Wildman–Crippen MR) is 110 cm³/mol. The summed E-state index contributed by atoms with van der Waals surface area (Å²) in [5.41, 5.74) is 3.90. The summed E-state index contributed by atoms with van der Waals surface area (Å²) >= 11 is 0. The van der Waals surface area contributed by atoms with Gasteiger partial charge < -0.3 is 19.9 Å². The van der Waals surface area contributed by atoms with Crippen molar-refractivity contribution in [2.75, 3.05) is 37.7 Å². The largest absolute Gasteiger partial charge is 0.462 e. The lowest BCUT2D eigenvalue weighted by Crippen LogP contribution is -2.51. The summed E-state index contributed by atoms with van der Waals surface area (Å²) in [7, 11) is 0. The Labute approximate surface area is 166 Å². The third-order valence-electron chi connectivity index (χ3n) is 4.84. The van der Waals surface area contributed by atoms with E-state index in [0.29, 0.717) is 31.8 Å². The topological polar surface area (TPSA) is 61.9 Å². The molecular weight excluding hydrogens is 354 g/mol. The molecule has 148 valence electrons. The van der Waals surface area contributed by atoms with Gasteiger partial charge in [-0.25, -0.2) is 9.59 Å². The van der Waals surface area contributed by atoms with Gasteiger partial charge in [-0.2, -0.15) is 0 Å². The van der Waals surface area contributed by atoms with Crippen molar-refractivity contribution in [2.24, 2.45) is 0 Å². The summed E-state index contributed by atoms with van der Waals surface area (Å²) in [6.45, 7) is 7.60. The van der Waals surface area contributed by atoms with E-state index in [1.165, 1.54) is 5.56 Å². The van der Waals surface area contributed by atoms with Crippen molar-refractivity contribution in [1.82, 2.24) is 10.2 Å². The summed E-state index contributed by atoms with van der Waals surface area (Å²) in [4.78, 5) is 28.2. The first kappa shape index (κ1) is 19.7. The van der Waals surface area contributed by atoms with E-state index in [1.807, 2.05) is 42.2 Å². The van der Waals surface area contributed by atoms with Gasteiger partial charge in [0.2, 0.25) is 0 Å². The highest BCUT2D eigenvalue weighted by atomic mass is 16.5. The van der Waals surface area contributed by atoms with Crippen molar-refractivity contribution in [3.63, 3.8) is 0 Å². The van der Waals surface area contributed by atoms with E-state index in [9.17, 15) is 9.59 Å². The van der Waals surface area contributed by atoms with Crippen molar-refractivity contribution >= 4 is 17.7 Å². The lowest BCUT2D eigenvalue weighted by Gasteiger charge is -2.36. The van der Waals surface area contributed by atoms with Gasteiger partial charge in [0.1, 0.15) is 0 Å². The van der Waals surface area contributed by atoms with Gasteiger partial charge in [-0.05, 0) is 43.7 Å². The van der Waals surface area contributed by atoms with Gasteiger partial charge in [-0.3, -0.25) is 0 Å². The number of piperazine rings is 1. The van der Waals surface area contributed by atoms with E-state index in [4.69, 9.17) is 4.74 Å². The van der Waals surface area contributed by atoms with E-state index < -0.39 is 0 Å². The maximum atomic E-state index is 12.4. The monoisotopic (exact) mass is 381 g/mol. The first-order valence-electron chi connectivity index (χ1n) is 9.67. The Morgan fingerprint density at radius 2 is 1.75 bits per heavy atom. The minimum Gasteiger partial charge on any atom is -0.462 e. The number of benzene rings is 2. The minimum absolute atomic E-state index is 0.0289. The molecule has 1 aliphatic rings. The number of aryl methyl sites for hydroxylation is 1. The number of anilines is 1. The number of hydrogen-bond acceptors (Lipinski definition) is 4. The molecule has 1 saturated heterocycles. The minimum atomic E-state index is -0.302. The number of nitrogens with zero attached hydrogens (tertiary/aromatic N) is 2. The molecular formula is C22H27N3O3. The summed E-state index contributed by atoms with van der Waals surface area (Å²) in [6, 6.07) is 15.6. The average Bonchev–Trinajstić information content (AvgIpc) is 2.72. The standard InChI is InChI=1S/C22H27N3O3/c1-3-28-21(26)19-7-9-20(10-8-19)24-11-13-25(14-12-24)22(27)23-16-18-6-4-5-17(2)15-18/h4-10,15H,3,11-14,16H2,1-2H3,(H,23,27). The van der Waals surface area contributed by atoms with Crippen LogP contribution < -0.4 is 10.2 Å². The van der Waals surface area contributed by atoms with E-state index in [-0.39, 0.29) is 12.0 Å². The van der Waals surface area contributed by atoms with E-state index in [1.54, 1.807) is 19.1 Å². The Morgan fingerprint density at radius 3 is 2.39 bits per heavy atom. The van der Waals surface area contributed by atoms with Crippen LogP contribution in [-0.2, 0) is 11.3 Å². The van der Waals surface area contributed by atoms with Crippen molar-refractivity contribution in [3.8, 4) is 0 Å². The molecule has 0 aromatic heterocycles. The van der Waals surface area contributed by atoms with Crippen LogP contribution >= 0.6 is 0 Å². The number of ether oxygens (including phenoxy) is 1. The lowest BCUT2D eigenvalue weighted by molar-refractivity contribution is 0.0526. The average molecular weight is 381 g/mol. The number of hydrogen-bond donors (Lipinski definition) is 1. The van der Waals surface area contributed by atoms with Crippen LogP contribution in [0.25, 0.3) is 0 Å². The van der Waals surface area contributed by atoms with Crippen LogP contribution in [0.4, 0.5) is 10.5 Å². The van der Waals surface area contributed by atoms with Crippen molar-refractivity contribution in [1.29, 1.82) is 0 Å². The molecule has 1 aliphatic heterocycles. The Morgan fingerprint density at radius 1 is 1.04 bits per heavy atom. The molecule has 2 aromatic rings. The fourth-order valence-corrected chi connectivity index (χ4v) is 3.30. The van der Waals surface area contributed by atoms with Gasteiger partial charge in [-0.1, -0.05) is 29.8 Å². The SMILES string of the molecule is CCOC(=O)c1ccc(N2CCN(C(=O)NCc3cccc(C)c3)CC2)cc1. The molecule has 3 rings (SSSR count). The molecule has 28 heavy (non-hydrogen) atoms. The highest BCUT2D eigenvalue weighted by molar-refractivity contribution is 5.89. The maximum absolute atomic E-state index is 12.4. The first-order valence-corrected chi connectivity index (χ1v) is 9.67. The number of carbonyl (C=O) groups is 2. The molecule has 2 amide bonds. The van der Waals surface area contributed by atoms with Crippen molar-refractivity contribution in [3.05, 3.63) is 65.2 Å². The third-order valence-corrected chi connectivity index (χ3v) is 4.84. The first-order chi connectivity index (χ1) is 13.6. The zero-order chi connectivity index (χ0) is 19.9. The zero-order valence-corrected chi connectivity index (χ0v) is 16.5. The smallest absolute Gasteiger partial charge is 0.338 e. The van der Waals surface area contributed by atoms with E-state index in [2.05, 4.69) is 16.3 Å². The highest BCUT2D eigenvalue weighted by Gasteiger charge is 2.21. The summed E-state index contributed by atoms with van der Waals surface area (Å²) in [5, 5.41) is 3.00. The summed E-state index contributed by atoms with van der Waals surface area (Å²) in [5.74, 6) is -0.302. The molecule has 0 atom stereocenters. The highest BCUT2D eigenvalue weighted by Crippen LogP contribution is 2.18. The second-order valence-electron chi connectivity index (χ2n) is 6.89. The van der Waals surface area contributed by atoms with Crippen molar-refractivity contribution in [2.45, 2.75) is 20.4 Å². The van der Waals surface area contributed by atoms with Crippen LogP contribution in [0.15, 0.2) is 48.5 Å². The fraction of sp³-hybridized carbons (Fsp3) is 0.364. The maximum Gasteiger partial charge on any atom is 0.338 e. The molecule has 1 fully saturated rings. The molecule has 1 heterocycles.